The van der Waals surface area contributed by atoms with Crippen LogP contribution in [0.2, 0.25) is 0 Å². The normalized spacial score (nSPS) is 22.0. The average molecular weight is 307 g/mol. The molecule has 2 aromatic rings. The van der Waals surface area contributed by atoms with Gasteiger partial charge in [0.1, 0.15) is 17.6 Å². The summed E-state index contributed by atoms with van der Waals surface area (Å²) in [6.07, 6.45) is 2.87. The van der Waals surface area contributed by atoms with Gasteiger partial charge in [0.05, 0.1) is 18.2 Å². The number of hydrogen-bond donors (Lipinski definition) is 1. The number of aromatic nitrogens is 1. The molecule has 118 valence electrons. The molecular weight excluding hydrogens is 286 g/mol. The predicted octanol–water partition coefficient (Wildman–Crippen LogP) is 3.83. The summed E-state index contributed by atoms with van der Waals surface area (Å²) in [6, 6.07) is 10.9. The highest BCUT2D eigenvalue weighted by Gasteiger charge is 2.38. The number of ether oxygens (including phenoxy) is 1. The van der Waals surface area contributed by atoms with Crippen molar-refractivity contribution in [2.75, 3.05) is 11.9 Å². The van der Waals surface area contributed by atoms with Gasteiger partial charge in [-0.2, -0.15) is 5.26 Å². The Morgan fingerprint density at radius 2 is 2.09 bits per heavy atom. The zero-order valence-corrected chi connectivity index (χ0v) is 13.8. The maximum Gasteiger partial charge on any atom is 0.124 e. The fraction of sp³-hybridized carbons (Fsp3) is 0.421. The van der Waals surface area contributed by atoms with Gasteiger partial charge in [-0.15, -0.1) is 0 Å². The van der Waals surface area contributed by atoms with Crippen molar-refractivity contribution in [3.63, 3.8) is 0 Å². The molecule has 2 aliphatic rings. The molecule has 0 fully saturated rings. The molecule has 1 aromatic heterocycles. The molecule has 2 atom stereocenters. The maximum absolute atomic E-state index is 9.50. The molecule has 0 radical (unpaired) electrons. The van der Waals surface area contributed by atoms with Gasteiger partial charge in [0.2, 0.25) is 0 Å². The van der Waals surface area contributed by atoms with Crippen LogP contribution in [0.4, 0.5) is 5.82 Å². The van der Waals surface area contributed by atoms with Gasteiger partial charge in [-0.05, 0) is 33.3 Å². The number of anilines is 1. The second-order valence-corrected chi connectivity index (χ2v) is 7.46. The molecule has 4 nitrogen and oxygen atoms in total. The van der Waals surface area contributed by atoms with Crippen LogP contribution < -0.4 is 10.1 Å². The minimum absolute atomic E-state index is 0.0658. The summed E-state index contributed by atoms with van der Waals surface area (Å²) in [6.45, 7) is 7.19. The van der Waals surface area contributed by atoms with E-state index in [0.717, 1.165) is 29.1 Å². The zero-order valence-electron chi connectivity index (χ0n) is 13.8. The molecule has 3 heterocycles. The van der Waals surface area contributed by atoms with E-state index in [2.05, 4.69) is 48.9 Å². The lowest BCUT2D eigenvalue weighted by Crippen LogP contribution is -2.37. The quantitative estimate of drug-likeness (QED) is 0.804. The summed E-state index contributed by atoms with van der Waals surface area (Å²) < 4.78 is 8.13. The van der Waals surface area contributed by atoms with Crippen LogP contribution in [-0.2, 0) is 12.0 Å². The number of hydrogen-bond acceptors (Lipinski definition) is 3. The molecule has 0 spiro atoms. The molecule has 2 aliphatic heterocycles. The molecule has 0 bridgehead atoms. The number of nitriles is 1. The third kappa shape index (κ3) is 2.11. The molecule has 0 saturated heterocycles. The summed E-state index contributed by atoms with van der Waals surface area (Å²) in [5.41, 5.74) is 3.06. The number of nitrogens with one attached hydrogen (secondary N) is 1. The van der Waals surface area contributed by atoms with E-state index in [1.165, 1.54) is 5.56 Å². The lowest BCUT2D eigenvalue weighted by Gasteiger charge is -2.39. The van der Waals surface area contributed by atoms with Gasteiger partial charge in [-0.1, -0.05) is 18.2 Å². The van der Waals surface area contributed by atoms with Gasteiger partial charge in [0.15, 0.2) is 0 Å². The van der Waals surface area contributed by atoms with Crippen LogP contribution in [0.3, 0.4) is 0 Å². The Hall–Kier alpha value is -2.41. The molecule has 0 unspecified atom stereocenters. The van der Waals surface area contributed by atoms with Gasteiger partial charge in [-0.25, -0.2) is 0 Å². The molecule has 1 N–H and O–H groups in total. The van der Waals surface area contributed by atoms with E-state index in [-0.39, 0.29) is 11.6 Å². The van der Waals surface area contributed by atoms with E-state index >= 15 is 0 Å². The Balaban J connectivity index is 1.83. The molecule has 23 heavy (non-hydrogen) atoms. The highest BCUT2D eigenvalue weighted by atomic mass is 16.5. The molecule has 0 amide bonds. The number of rotatable bonds is 0. The van der Waals surface area contributed by atoms with Crippen molar-refractivity contribution in [2.45, 2.75) is 38.8 Å². The largest absolute Gasteiger partial charge is 0.493 e. The lowest BCUT2D eigenvalue weighted by atomic mass is 9.83. The first-order valence-electron chi connectivity index (χ1n) is 8.12. The van der Waals surface area contributed by atoms with E-state index in [0.29, 0.717) is 12.5 Å². The minimum atomic E-state index is -0.0658. The van der Waals surface area contributed by atoms with Gasteiger partial charge >= 0.3 is 0 Å². The van der Waals surface area contributed by atoms with Crippen LogP contribution in [0.5, 0.6) is 5.75 Å². The number of fused-ring (bicyclic) bond motifs is 4. The zero-order chi connectivity index (χ0) is 16.2. The Kier molecular flexibility index (Phi) is 2.96. The first kappa shape index (κ1) is 14.2. The predicted molar refractivity (Wildman–Crippen MR) is 89.6 cm³/mol. The van der Waals surface area contributed by atoms with Gasteiger partial charge in [-0.3, -0.25) is 0 Å². The summed E-state index contributed by atoms with van der Waals surface area (Å²) in [7, 11) is 0. The molecular formula is C19H21N3O. The Bertz CT molecular complexity index is 807. The Morgan fingerprint density at radius 1 is 1.30 bits per heavy atom. The van der Waals surface area contributed by atoms with E-state index in [1.54, 1.807) is 0 Å². The van der Waals surface area contributed by atoms with Crippen LogP contribution in [0.15, 0.2) is 30.5 Å². The van der Waals surface area contributed by atoms with Crippen LogP contribution >= 0.6 is 0 Å². The van der Waals surface area contributed by atoms with Crippen LogP contribution in [0.1, 0.15) is 43.5 Å². The second-order valence-electron chi connectivity index (χ2n) is 7.46. The number of nitrogens with zero attached hydrogens (tertiary/aromatic N) is 2. The van der Waals surface area contributed by atoms with E-state index in [9.17, 15) is 5.26 Å². The standard InChI is InChI=1S/C19H21N3O/c1-19(2,3)22-10-13(9-20)15-8-12-11-23-16-7-5-4-6-14(16)17(12)21-18(15)22/h4-7,10,12,17,21H,8,11H2,1-3H3/t12-,17+/m0/s1. The third-order valence-corrected chi connectivity index (χ3v) is 4.89. The second kappa shape index (κ2) is 4.79. The first-order chi connectivity index (χ1) is 11.0. The molecule has 4 heteroatoms. The fourth-order valence-corrected chi connectivity index (χ4v) is 3.73. The number of benzene rings is 1. The van der Waals surface area contributed by atoms with Crippen LogP contribution in [-0.4, -0.2) is 11.2 Å². The van der Waals surface area contributed by atoms with Crippen molar-refractivity contribution < 1.29 is 4.74 Å². The van der Waals surface area contributed by atoms with Crippen molar-refractivity contribution >= 4 is 5.82 Å². The monoisotopic (exact) mass is 307 g/mol. The van der Waals surface area contributed by atoms with Crippen LogP contribution in [0, 0.1) is 17.2 Å². The van der Waals surface area contributed by atoms with Crippen molar-refractivity contribution in [2.24, 2.45) is 5.92 Å². The first-order valence-corrected chi connectivity index (χ1v) is 8.12. The Labute approximate surface area is 136 Å². The van der Waals surface area contributed by atoms with E-state index in [4.69, 9.17) is 4.74 Å². The Morgan fingerprint density at radius 3 is 2.83 bits per heavy atom. The van der Waals surface area contributed by atoms with Gasteiger partial charge in [0.25, 0.3) is 0 Å². The molecule has 4 rings (SSSR count). The molecule has 1 aromatic carbocycles. The minimum Gasteiger partial charge on any atom is -0.493 e. The highest BCUT2D eigenvalue weighted by molar-refractivity contribution is 5.61. The SMILES string of the molecule is CC(C)(C)n1cc(C#N)c2c1N[C@H]1c3ccccc3OC[C@@H]1C2. The average Bonchev–Trinajstić information content (AvgIpc) is 2.91. The van der Waals surface area contributed by atoms with E-state index in [1.807, 2.05) is 18.3 Å². The topological polar surface area (TPSA) is 50.0 Å². The highest BCUT2D eigenvalue weighted by Crippen LogP contribution is 2.45. The summed E-state index contributed by atoms with van der Waals surface area (Å²) >= 11 is 0. The smallest absolute Gasteiger partial charge is 0.124 e. The number of para-hydroxylation sites is 1. The summed E-state index contributed by atoms with van der Waals surface area (Å²) in [5.74, 6) is 2.42. The fourth-order valence-electron chi connectivity index (χ4n) is 3.73. The van der Waals surface area contributed by atoms with E-state index < -0.39 is 0 Å². The lowest BCUT2D eigenvalue weighted by molar-refractivity contribution is 0.196. The van der Waals surface area contributed by atoms with Gasteiger partial charge < -0.3 is 14.6 Å². The van der Waals surface area contributed by atoms with Gasteiger partial charge in [0, 0.05) is 28.8 Å². The van der Waals surface area contributed by atoms with Crippen LogP contribution in [0.25, 0.3) is 0 Å². The summed E-state index contributed by atoms with van der Waals surface area (Å²) in [4.78, 5) is 0. The van der Waals surface area contributed by atoms with Crippen molar-refractivity contribution in [3.05, 3.63) is 47.2 Å². The molecule has 0 saturated carbocycles. The van der Waals surface area contributed by atoms with Crippen molar-refractivity contribution in [1.82, 2.24) is 4.57 Å². The third-order valence-electron chi connectivity index (χ3n) is 4.89. The molecule has 0 aliphatic carbocycles. The maximum atomic E-state index is 9.50. The van der Waals surface area contributed by atoms with Crippen molar-refractivity contribution in [3.8, 4) is 11.8 Å². The van der Waals surface area contributed by atoms with Crippen molar-refractivity contribution in [1.29, 1.82) is 5.26 Å². The summed E-state index contributed by atoms with van der Waals surface area (Å²) in [5, 5.41) is 13.2.